The van der Waals surface area contributed by atoms with Gasteiger partial charge in [0.05, 0.1) is 26.2 Å². The minimum Gasteiger partial charge on any atom is -0.496 e. The predicted molar refractivity (Wildman–Crippen MR) is 76.4 cm³/mol. The van der Waals surface area contributed by atoms with Gasteiger partial charge in [-0.25, -0.2) is 0 Å². The highest BCUT2D eigenvalue weighted by molar-refractivity contribution is 7.98. The molecule has 0 spiro atoms. The van der Waals surface area contributed by atoms with Crippen LogP contribution in [-0.4, -0.2) is 27.6 Å². The lowest BCUT2D eigenvalue weighted by Gasteiger charge is -2.19. The van der Waals surface area contributed by atoms with Crippen molar-refractivity contribution in [2.45, 2.75) is 25.2 Å². The molecule has 0 radical (unpaired) electrons. The fourth-order valence-corrected chi connectivity index (χ4v) is 2.71. The summed E-state index contributed by atoms with van der Waals surface area (Å²) < 4.78 is 16.4. The van der Waals surface area contributed by atoms with E-state index in [0.29, 0.717) is 5.92 Å². The van der Waals surface area contributed by atoms with Crippen LogP contribution in [0.2, 0.25) is 0 Å². The molecule has 0 aromatic heterocycles. The van der Waals surface area contributed by atoms with Crippen molar-refractivity contribution in [1.82, 2.24) is 0 Å². The van der Waals surface area contributed by atoms with E-state index in [1.807, 2.05) is 12.3 Å². The highest BCUT2D eigenvalue weighted by Gasteiger charge is 2.20. The molecule has 0 aliphatic rings. The van der Waals surface area contributed by atoms with E-state index < -0.39 is 0 Å². The standard InChI is InChI=1S/C14H22O3S/c1-9(2)7-10-11(15-3)8-12(16-4)14(18-6)13(10)17-5/h8-9H,7H2,1-6H3. The van der Waals surface area contributed by atoms with Crippen LogP contribution in [0.5, 0.6) is 17.2 Å². The molecule has 0 atom stereocenters. The lowest BCUT2D eigenvalue weighted by Crippen LogP contribution is -2.04. The zero-order valence-corrected chi connectivity index (χ0v) is 12.8. The summed E-state index contributed by atoms with van der Waals surface area (Å²) >= 11 is 1.63. The largest absolute Gasteiger partial charge is 0.496 e. The summed E-state index contributed by atoms with van der Waals surface area (Å²) in [5.74, 6) is 3.03. The molecule has 0 saturated heterocycles. The summed E-state index contributed by atoms with van der Waals surface area (Å²) in [4.78, 5) is 1.02. The van der Waals surface area contributed by atoms with Crippen LogP contribution >= 0.6 is 11.8 Å². The zero-order chi connectivity index (χ0) is 13.7. The lowest BCUT2D eigenvalue weighted by molar-refractivity contribution is 0.352. The molecule has 1 aromatic rings. The molecule has 0 saturated carbocycles. The fraction of sp³-hybridized carbons (Fsp3) is 0.571. The first kappa shape index (κ1) is 15.0. The van der Waals surface area contributed by atoms with E-state index in [1.54, 1.807) is 33.1 Å². The molecule has 0 fully saturated rings. The van der Waals surface area contributed by atoms with Crippen molar-refractivity contribution in [2.24, 2.45) is 5.92 Å². The normalized spacial score (nSPS) is 10.6. The first-order valence-corrected chi connectivity index (χ1v) is 7.17. The Bertz CT molecular complexity index is 403. The Labute approximate surface area is 114 Å². The highest BCUT2D eigenvalue weighted by Crippen LogP contribution is 2.44. The molecule has 0 amide bonds. The van der Waals surface area contributed by atoms with Crippen LogP contribution in [-0.2, 0) is 6.42 Å². The minimum atomic E-state index is 0.538. The van der Waals surface area contributed by atoms with Gasteiger partial charge in [0.2, 0.25) is 0 Å². The second kappa shape index (κ2) is 6.78. The molecule has 0 aliphatic carbocycles. The first-order valence-electron chi connectivity index (χ1n) is 5.94. The molecule has 1 aromatic carbocycles. The third-order valence-corrected chi connectivity index (χ3v) is 3.52. The van der Waals surface area contributed by atoms with Gasteiger partial charge in [-0.05, 0) is 18.6 Å². The maximum atomic E-state index is 5.57. The third kappa shape index (κ3) is 3.05. The molecule has 102 valence electrons. The summed E-state index contributed by atoms with van der Waals surface area (Å²) in [6, 6.07) is 1.94. The molecule has 0 N–H and O–H groups in total. The van der Waals surface area contributed by atoms with Gasteiger partial charge in [0.25, 0.3) is 0 Å². The third-order valence-electron chi connectivity index (χ3n) is 2.72. The summed E-state index contributed by atoms with van der Waals surface area (Å²) in [7, 11) is 5.03. The van der Waals surface area contributed by atoms with E-state index >= 15 is 0 Å². The number of rotatable bonds is 6. The number of thioether (sulfide) groups is 1. The fourth-order valence-electron chi connectivity index (χ4n) is 1.98. The molecular formula is C14H22O3S. The number of hydrogen-bond acceptors (Lipinski definition) is 4. The van der Waals surface area contributed by atoms with Crippen molar-refractivity contribution in [3.8, 4) is 17.2 Å². The van der Waals surface area contributed by atoms with Crippen LogP contribution in [0.15, 0.2) is 11.0 Å². The summed E-state index contributed by atoms with van der Waals surface area (Å²) in [6.07, 6.45) is 2.94. The van der Waals surface area contributed by atoms with Crippen molar-refractivity contribution in [3.63, 3.8) is 0 Å². The SMILES string of the molecule is COc1cc(OC)c(SC)c(OC)c1CC(C)C. The molecule has 0 bridgehead atoms. The second-order valence-electron chi connectivity index (χ2n) is 4.42. The average molecular weight is 270 g/mol. The molecular weight excluding hydrogens is 248 g/mol. The van der Waals surface area contributed by atoms with E-state index in [0.717, 1.165) is 34.1 Å². The number of hydrogen-bond donors (Lipinski definition) is 0. The summed E-state index contributed by atoms with van der Waals surface area (Å²) in [6.45, 7) is 4.36. The monoisotopic (exact) mass is 270 g/mol. The minimum absolute atomic E-state index is 0.538. The maximum Gasteiger partial charge on any atom is 0.143 e. The van der Waals surface area contributed by atoms with Crippen LogP contribution in [0.4, 0.5) is 0 Å². The van der Waals surface area contributed by atoms with Gasteiger partial charge in [0.1, 0.15) is 17.2 Å². The Morgan fingerprint density at radius 2 is 1.67 bits per heavy atom. The highest BCUT2D eigenvalue weighted by atomic mass is 32.2. The van der Waals surface area contributed by atoms with Gasteiger partial charge in [0.15, 0.2) is 0 Å². The van der Waals surface area contributed by atoms with Crippen LogP contribution < -0.4 is 14.2 Å². The Balaban J connectivity index is 3.44. The van der Waals surface area contributed by atoms with E-state index in [1.165, 1.54) is 0 Å². The van der Waals surface area contributed by atoms with Gasteiger partial charge in [-0.3, -0.25) is 0 Å². The Hall–Kier alpha value is -1.03. The predicted octanol–water partition coefficient (Wildman–Crippen LogP) is 3.63. The molecule has 0 unspecified atom stereocenters. The Kier molecular flexibility index (Phi) is 5.66. The van der Waals surface area contributed by atoms with Crippen molar-refractivity contribution >= 4 is 11.8 Å². The van der Waals surface area contributed by atoms with Crippen LogP contribution in [0.1, 0.15) is 19.4 Å². The maximum absolute atomic E-state index is 5.57. The average Bonchev–Trinajstić information content (AvgIpc) is 2.36. The molecule has 4 heteroatoms. The molecule has 1 rings (SSSR count). The summed E-state index contributed by atoms with van der Waals surface area (Å²) in [5, 5.41) is 0. The van der Waals surface area contributed by atoms with Crippen molar-refractivity contribution < 1.29 is 14.2 Å². The molecule has 18 heavy (non-hydrogen) atoms. The van der Waals surface area contributed by atoms with E-state index in [4.69, 9.17) is 14.2 Å². The zero-order valence-electron chi connectivity index (χ0n) is 12.0. The second-order valence-corrected chi connectivity index (χ2v) is 5.24. The smallest absolute Gasteiger partial charge is 0.143 e. The van der Waals surface area contributed by atoms with Gasteiger partial charge < -0.3 is 14.2 Å². The number of methoxy groups -OCH3 is 3. The Morgan fingerprint density at radius 3 is 2.06 bits per heavy atom. The topological polar surface area (TPSA) is 27.7 Å². The molecule has 0 aliphatic heterocycles. The molecule has 3 nitrogen and oxygen atoms in total. The van der Waals surface area contributed by atoms with Crippen LogP contribution in [0.25, 0.3) is 0 Å². The van der Waals surface area contributed by atoms with Gasteiger partial charge in [-0.2, -0.15) is 0 Å². The van der Waals surface area contributed by atoms with E-state index in [-0.39, 0.29) is 0 Å². The van der Waals surface area contributed by atoms with Gasteiger partial charge >= 0.3 is 0 Å². The van der Waals surface area contributed by atoms with E-state index in [2.05, 4.69) is 13.8 Å². The number of ether oxygens (including phenoxy) is 3. The molecule has 0 heterocycles. The van der Waals surface area contributed by atoms with Crippen molar-refractivity contribution in [3.05, 3.63) is 11.6 Å². The van der Waals surface area contributed by atoms with Gasteiger partial charge in [0, 0.05) is 11.6 Å². The summed E-state index contributed by atoms with van der Waals surface area (Å²) in [5.41, 5.74) is 1.11. The van der Waals surface area contributed by atoms with E-state index in [9.17, 15) is 0 Å². The van der Waals surface area contributed by atoms with Crippen LogP contribution in [0, 0.1) is 5.92 Å². The van der Waals surface area contributed by atoms with Crippen LogP contribution in [0.3, 0.4) is 0 Å². The lowest BCUT2D eigenvalue weighted by atomic mass is 10.0. The number of benzene rings is 1. The van der Waals surface area contributed by atoms with Crippen molar-refractivity contribution in [2.75, 3.05) is 27.6 Å². The Morgan fingerprint density at radius 1 is 1.06 bits per heavy atom. The van der Waals surface area contributed by atoms with Gasteiger partial charge in [-0.1, -0.05) is 13.8 Å². The van der Waals surface area contributed by atoms with Crippen molar-refractivity contribution in [1.29, 1.82) is 0 Å². The van der Waals surface area contributed by atoms with Gasteiger partial charge in [-0.15, -0.1) is 11.8 Å². The first-order chi connectivity index (χ1) is 8.58. The quantitative estimate of drug-likeness (QED) is 0.738.